The van der Waals surface area contributed by atoms with Crippen LogP contribution >= 0.6 is 15.9 Å². The maximum Gasteiger partial charge on any atom is 0.254 e. The second-order valence-electron chi connectivity index (χ2n) is 4.89. The van der Waals surface area contributed by atoms with Crippen molar-refractivity contribution in [3.63, 3.8) is 0 Å². The Hall–Kier alpha value is -0.940. The highest BCUT2D eigenvalue weighted by molar-refractivity contribution is 9.10. The number of nitrogens with one attached hydrogen (secondary N) is 2. The Balaban J connectivity index is 2.11. The van der Waals surface area contributed by atoms with Gasteiger partial charge in [0.15, 0.2) is 0 Å². The van der Waals surface area contributed by atoms with E-state index >= 15 is 0 Å². The monoisotopic (exact) mass is 314 g/mol. The molecule has 1 heterocycles. The van der Waals surface area contributed by atoms with Crippen molar-refractivity contribution >= 4 is 21.8 Å². The molecule has 0 unspecified atom stereocenters. The molecule has 2 rings (SSSR count). The molecule has 0 aliphatic carbocycles. The van der Waals surface area contributed by atoms with Crippen molar-refractivity contribution in [2.24, 2.45) is 0 Å². The standard InChI is InChI=1S/C13H16BrFN2O/c1-13(4-6-16-7-5-13)17-12(18)10-3-2-9(14)8-11(10)15/h2-3,8,16H,4-7H2,1H3,(H,17,18). The van der Waals surface area contributed by atoms with Crippen molar-refractivity contribution in [3.05, 3.63) is 34.1 Å². The third-order valence-corrected chi connectivity index (χ3v) is 3.79. The molecule has 1 fully saturated rings. The van der Waals surface area contributed by atoms with Gasteiger partial charge in [0.05, 0.1) is 5.56 Å². The largest absolute Gasteiger partial charge is 0.347 e. The summed E-state index contributed by atoms with van der Waals surface area (Å²) in [4.78, 5) is 12.1. The Labute approximate surface area is 114 Å². The van der Waals surface area contributed by atoms with Crippen LogP contribution in [0.5, 0.6) is 0 Å². The molecule has 1 aliphatic heterocycles. The lowest BCUT2D eigenvalue weighted by molar-refractivity contribution is 0.0883. The van der Waals surface area contributed by atoms with E-state index in [1.165, 1.54) is 12.1 Å². The quantitative estimate of drug-likeness (QED) is 0.880. The fraction of sp³-hybridized carbons (Fsp3) is 0.462. The zero-order valence-corrected chi connectivity index (χ0v) is 11.8. The second kappa shape index (κ2) is 5.36. The van der Waals surface area contributed by atoms with Gasteiger partial charge in [0.1, 0.15) is 5.82 Å². The van der Waals surface area contributed by atoms with E-state index in [0.29, 0.717) is 4.47 Å². The lowest BCUT2D eigenvalue weighted by Crippen LogP contribution is -2.52. The SMILES string of the molecule is CC1(NC(=O)c2ccc(Br)cc2F)CCNCC1. The summed E-state index contributed by atoms with van der Waals surface area (Å²) in [5, 5.41) is 6.18. The minimum Gasteiger partial charge on any atom is -0.347 e. The van der Waals surface area contributed by atoms with Crippen molar-refractivity contribution < 1.29 is 9.18 Å². The molecule has 1 saturated heterocycles. The highest BCUT2D eigenvalue weighted by atomic mass is 79.9. The molecule has 0 radical (unpaired) electrons. The Kier molecular flexibility index (Phi) is 4.02. The van der Waals surface area contributed by atoms with Crippen LogP contribution in [0.3, 0.4) is 0 Å². The first-order valence-electron chi connectivity index (χ1n) is 5.98. The molecule has 2 N–H and O–H groups in total. The van der Waals surface area contributed by atoms with Crippen molar-refractivity contribution in [3.8, 4) is 0 Å². The molecule has 3 nitrogen and oxygen atoms in total. The zero-order valence-electron chi connectivity index (χ0n) is 10.2. The van der Waals surface area contributed by atoms with Gasteiger partial charge >= 0.3 is 0 Å². The number of hydrogen-bond donors (Lipinski definition) is 2. The first kappa shape index (κ1) is 13.5. The summed E-state index contributed by atoms with van der Waals surface area (Å²) < 4.78 is 14.3. The van der Waals surface area contributed by atoms with E-state index in [2.05, 4.69) is 26.6 Å². The van der Waals surface area contributed by atoms with Gasteiger partial charge in [0.25, 0.3) is 5.91 Å². The Morgan fingerprint density at radius 1 is 1.44 bits per heavy atom. The van der Waals surface area contributed by atoms with E-state index in [0.717, 1.165) is 25.9 Å². The van der Waals surface area contributed by atoms with Crippen LogP contribution in [0, 0.1) is 5.82 Å². The van der Waals surface area contributed by atoms with Crippen molar-refractivity contribution in [1.29, 1.82) is 0 Å². The fourth-order valence-electron chi connectivity index (χ4n) is 2.12. The fourth-order valence-corrected chi connectivity index (χ4v) is 2.45. The molecule has 1 aromatic rings. The summed E-state index contributed by atoms with van der Waals surface area (Å²) in [6.45, 7) is 3.75. The third kappa shape index (κ3) is 3.09. The summed E-state index contributed by atoms with van der Waals surface area (Å²) >= 11 is 3.17. The average Bonchev–Trinajstić information content (AvgIpc) is 2.28. The van der Waals surface area contributed by atoms with Crippen LogP contribution in [0.2, 0.25) is 0 Å². The van der Waals surface area contributed by atoms with Gasteiger partial charge in [-0.3, -0.25) is 4.79 Å². The maximum atomic E-state index is 13.7. The molecule has 1 aliphatic rings. The number of halogens is 2. The summed E-state index contributed by atoms with van der Waals surface area (Å²) in [6.07, 6.45) is 1.72. The van der Waals surface area contributed by atoms with Crippen LogP contribution < -0.4 is 10.6 Å². The predicted octanol–water partition coefficient (Wildman–Crippen LogP) is 2.46. The summed E-state index contributed by atoms with van der Waals surface area (Å²) in [5.74, 6) is -0.844. The normalized spacial score (nSPS) is 18.4. The zero-order chi connectivity index (χ0) is 13.2. The van der Waals surface area contributed by atoms with Gasteiger partial charge in [0, 0.05) is 10.0 Å². The molecule has 98 valence electrons. The van der Waals surface area contributed by atoms with Gasteiger partial charge in [-0.2, -0.15) is 0 Å². The summed E-state index contributed by atoms with van der Waals surface area (Å²) in [6, 6.07) is 4.47. The van der Waals surface area contributed by atoms with Crippen LogP contribution in [0.1, 0.15) is 30.1 Å². The van der Waals surface area contributed by atoms with E-state index in [4.69, 9.17) is 0 Å². The second-order valence-corrected chi connectivity index (χ2v) is 5.80. The van der Waals surface area contributed by atoms with E-state index < -0.39 is 5.82 Å². The summed E-state index contributed by atoms with van der Waals surface area (Å²) in [5.41, 5.74) is -0.153. The average molecular weight is 315 g/mol. The predicted molar refractivity (Wildman–Crippen MR) is 72.1 cm³/mol. The lowest BCUT2D eigenvalue weighted by Gasteiger charge is -2.35. The number of hydrogen-bond acceptors (Lipinski definition) is 2. The van der Waals surface area contributed by atoms with E-state index in [1.807, 2.05) is 6.92 Å². The molecular formula is C13H16BrFN2O. The van der Waals surface area contributed by atoms with Gasteiger partial charge < -0.3 is 10.6 Å². The van der Waals surface area contributed by atoms with Crippen LogP contribution in [-0.4, -0.2) is 24.5 Å². The van der Waals surface area contributed by atoms with Gasteiger partial charge in [-0.15, -0.1) is 0 Å². The number of piperidine rings is 1. The molecular weight excluding hydrogens is 299 g/mol. The van der Waals surface area contributed by atoms with Gasteiger partial charge in [-0.05, 0) is 51.1 Å². The maximum absolute atomic E-state index is 13.7. The Morgan fingerprint density at radius 3 is 2.72 bits per heavy atom. The van der Waals surface area contributed by atoms with Crippen molar-refractivity contribution in [1.82, 2.24) is 10.6 Å². The van der Waals surface area contributed by atoms with Crippen molar-refractivity contribution in [2.75, 3.05) is 13.1 Å². The highest BCUT2D eigenvalue weighted by Gasteiger charge is 2.29. The number of carbonyl (C=O) groups excluding carboxylic acids is 1. The number of carbonyl (C=O) groups is 1. The lowest BCUT2D eigenvalue weighted by atomic mass is 9.90. The molecule has 0 bridgehead atoms. The highest BCUT2D eigenvalue weighted by Crippen LogP contribution is 2.20. The molecule has 0 aromatic heterocycles. The molecule has 0 spiro atoms. The molecule has 1 amide bonds. The van der Waals surface area contributed by atoms with E-state index in [-0.39, 0.29) is 17.0 Å². The van der Waals surface area contributed by atoms with Gasteiger partial charge in [0.2, 0.25) is 0 Å². The first-order valence-corrected chi connectivity index (χ1v) is 6.78. The van der Waals surface area contributed by atoms with E-state index in [9.17, 15) is 9.18 Å². The van der Waals surface area contributed by atoms with Crippen LogP contribution in [0.15, 0.2) is 22.7 Å². The summed E-state index contributed by atoms with van der Waals surface area (Å²) in [7, 11) is 0. The molecule has 0 saturated carbocycles. The van der Waals surface area contributed by atoms with E-state index in [1.54, 1.807) is 6.07 Å². The Bertz CT molecular complexity index is 458. The number of rotatable bonds is 2. The molecule has 0 atom stereocenters. The first-order chi connectivity index (χ1) is 8.50. The van der Waals surface area contributed by atoms with Crippen LogP contribution in [0.4, 0.5) is 4.39 Å². The molecule has 1 aromatic carbocycles. The Morgan fingerprint density at radius 2 is 2.11 bits per heavy atom. The minimum atomic E-state index is -0.501. The molecule has 18 heavy (non-hydrogen) atoms. The number of benzene rings is 1. The molecule has 5 heteroatoms. The number of amides is 1. The van der Waals surface area contributed by atoms with Gasteiger partial charge in [-0.25, -0.2) is 4.39 Å². The smallest absolute Gasteiger partial charge is 0.254 e. The van der Waals surface area contributed by atoms with Crippen LogP contribution in [0.25, 0.3) is 0 Å². The topological polar surface area (TPSA) is 41.1 Å². The van der Waals surface area contributed by atoms with Gasteiger partial charge in [-0.1, -0.05) is 15.9 Å². The third-order valence-electron chi connectivity index (χ3n) is 3.30. The van der Waals surface area contributed by atoms with Crippen LogP contribution in [-0.2, 0) is 0 Å². The van der Waals surface area contributed by atoms with Crippen molar-refractivity contribution in [2.45, 2.75) is 25.3 Å². The minimum absolute atomic E-state index is 0.0953.